The molecule has 0 radical (unpaired) electrons. The Kier molecular flexibility index (Phi) is 4.28. The predicted octanol–water partition coefficient (Wildman–Crippen LogP) is 5.89. The van der Waals surface area contributed by atoms with E-state index in [-0.39, 0.29) is 5.91 Å². The number of halogens is 1. The van der Waals surface area contributed by atoms with Gasteiger partial charge in [-0.2, -0.15) is 0 Å². The molecular weight excluding hydrogens is 350 g/mol. The molecule has 3 aromatic carbocycles. The molecule has 3 aromatic rings. The van der Waals surface area contributed by atoms with Crippen molar-refractivity contribution >= 4 is 35.0 Å². The Labute approximate surface area is 156 Å². The number of benzene rings is 3. The maximum absolute atomic E-state index is 12.6. The molecule has 0 heterocycles. The third-order valence-electron chi connectivity index (χ3n) is 4.47. The van der Waals surface area contributed by atoms with Crippen LogP contribution < -0.4 is 5.32 Å². The van der Waals surface area contributed by atoms with E-state index in [9.17, 15) is 4.79 Å². The second kappa shape index (κ2) is 6.58. The van der Waals surface area contributed by atoms with Crippen molar-refractivity contribution < 1.29 is 4.79 Å². The van der Waals surface area contributed by atoms with Gasteiger partial charge in [0.25, 0.3) is 5.91 Å². The molecule has 2 nitrogen and oxygen atoms in total. The normalized spacial score (nSPS) is 11.8. The second-order valence-electron chi connectivity index (χ2n) is 6.01. The first-order valence-electron chi connectivity index (χ1n) is 8.02. The lowest BCUT2D eigenvalue weighted by Gasteiger charge is -2.10. The van der Waals surface area contributed by atoms with E-state index >= 15 is 0 Å². The molecular formula is C21H16ClNOS. The van der Waals surface area contributed by atoms with Crippen molar-refractivity contribution in [2.75, 3.05) is 11.6 Å². The molecule has 25 heavy (non-hydrogen) atoms. The number of thioether (sulfide) groups is 1. The van der Waals surface area contributed by atoms with E-state index in [1.807, 2.05) is 24.5 Å². The van der Waals surface area contributed by atoms with Gasteiger partial charge in [0.15, 0.2) is 0 Å². The predicted molar refractivity (Wildman–Crippen MR) is 106 cm³/mol. The topological polar surface area (TPSA) is 29.1 Å². The molecule has 0 aliphatic heterocycles. The summed E-state index contributed by atoms with van der Waals surface area (Å²) in [6.45, 7) is 0. The standard InChI is InChI=1S/C21H16ClNOS/c1-25-16-7-9-20(22)19(12-16)21(24)23-15-6-8-18-14(11-15)10-13-4-2-3-5-17(13)18/h2-9,11-12H,10H2,1H3,(H,23,24). The van der Waals surface area contributed by atoms with Crippen molar-refractivity contribution in [1.82, 2.24) is 0 Å². The number of fused-ring (bicyclic) bond motifs is 3. The van der Waals surface area contributed by atoms with Crippen LogP contribution >= 0.6 is 23.4 Å². The van der Waals surface area contributed by atoms with E-state index in [4.69, 9.17) is 11.6 Å². The van der Waals surface area contributed by atoms with Gasteiger partial charge in [0.1, 0.15) is 0 Å². The van der Waals surface area contributed by atoms with Crippen LogP contribution in [0.15, 0.2) is 65.6 Å². The zero-order valence-corrected chi connectivity index (χ0v) is 15.2. The van der Waals surface area contributed by atoms with Crippen LogP contribution in [-0.2, 0) is 6.42 Å². The van der Waals surface area contributed by atoms with Gasteiger partial charge >= 0.3 is 0 Å². The zero-order chi connectivity index (χ0) is 17.4. The molecule has 0 atom stereocenters. The highest BCUT2D eigenvalue weighted by Gasteiger charge is 2.19. The molecule has 1 N–H and O–H groups in total. The summed E-state index contributed by atoms with van der Waals surface area (Å²) in [6.07, 6.45) is 2.88. The van der Waals surface area contributed by atoms with Gasteiger partial charge in [-0.3, -0.25) is 4.79 Å². The fraction of sp³-hybridized carbons (Fsp3) is 0.0952. The van der Waals surface area contributed by atoms with Gasteiger partial charge in [0, 0.05) is 10.6 Å². The van der Waals surface area contributed by atoms with Gasteiger partial charge < -0.3 is 5.32 Å². The summed E-state index contributed by atoms with van der Waals surface area (Å²) in [5.74, 6) is -0.184. The summed E-state index contributed by atoms with van der Waals surface area (Å²) < 4.78 is 0. The summed E-state index contributed by atoms with van der Waals surface area (Å²) in [6, 6.07) is 20.0. The molecule has 1 aliphatic rings. The Morgan fingerprint density at radius 1 is 1.00 bits per heavy atom. The van der Waals surface area contributed by atoms with Crippen molar-refractivity contribution in [3.8, 4) is 11.1 Å². The fourth-order valence-corrected chi connectivity index (χ4v) is 3.87. The SMILES string of the molecule is CSc1ccc(Cl)c(C(=O)Nc2ccc3c(c2)Cc2ccccc2-3)c1. The van der Waals surface area contributed by atoms with Crippen LogP contribution in [0.3, 0.4) is 0 Å². The lowest BCUT2D eigenvalue weighted by atomic mass is 10.1. The average molecular weight is 366 g/mol. The Morgan fingerprint density at radius 2 is 1.80 bits per heavy atom. The maximum atomic E-state index is 12.6. The molecule has 0 aromatic heterocycles. The number of rotatable bonds is 3. The third-order valence-corrected chi connectivity index (χ3v) is 5.52. The molecule has 4 rings (SSSR count). The van der Waals surface area contributed by atoms with Gasteiger partial charge in [0.2, 0.25) is 0 Å². The molecule has 0 spiro atoms. The number of carbonyl (C=O) groups excluding carboxylic acids is 1. The summed E-state index contributed by atoms with van der Waals surface area (Å²) in [7, 11) is 0. The van der Waals surface area contributed by atoms with Gasteiger partial charge in [-0.15, -0.1) is 11.8 Å². The highest BCUT2D eigenvalue weighted by Crippen LogP contribution is 2.37. The van der Waals surface area contributed by atoms with Crippen molar-refractivity contribution in [2.45, 2.75) is 11.3 Å². The first kappa shape index (κ1) is 16.2. The Balaban J connectivity index is 1.61. The van der Waals surface area contributed by atoms with E-state index in [0.717, 1.165) is 17.0 Å². The monoisotopic (exact) mass is 365 g/mol. The van der Waals surface area contributed by atoms with Crippen molar-refractivity contribution in [3.05, 3.63) is 82.4 Å². The van der Waals surface area contributed by atoms with E-state index in [0.29, 0.717) is 10.6 Å². The first-order chi connectivity index (χ1) is 12.2. The number of nitrogens with one attached hydrogen (secondary N) is 1. The van der Waals surface area contributed by atoms with Crippen molar-refractivity contribution in [2.24, 2.45) is 0 Å². The van der Waals surface area contributed by atoms with Crippen LogP contribution in [0.2, 0.25) is 5.02 Å². The Morgan fingerprint density at radius 3 is 2.64 bits per heavy atom. The van der Waals surface area contributed by atoms with Crippen LogP contribution in [0.4, 0.5) is 5.69 Å². The van der Waals surface area contributed by atoms with Gasteiger partial charge in [0.05, 0.1) is 10.6 Å². The molecule has 1 amide bonds. The lowest BCUT2D eigenvalue weighted by Crippen LogP contribution is -2.12. The highest BCUT2D eigenvalue weighted by molar-refractivity contribution is 7.98. The van der Waals surface area contributed by atoms with Crippen LogP contribution in [0, 0.1) is 0 Å². The molecule has 0 bridgehead atoms. The highest BCUT2D eigenvalue weighted by atomic mass is 35.5. The summed E-state index contributed by atoms with van der Waals surface area (Å²) in [5.41, 5.74) is 6.39. The smallest absolute Gasteiger partial charge is 0.257 e. The molecule has 0 saturated carbocycles. The summed E-state index contributed by atoms with van der Waals surface area (Å²) in [5, 5.41) is 3.44. The van der Waals surface area contributed by atoms with Crippen LogP contribution in [-0.4, -0.2) is 12.2 Å². The minimum Gasteiger partial charge on any atom is -0.322 e. The summed E-state index contributed by atoms with van der Waals surface area (Å²) in [4.78, 5) is 13.6. The molecule has 1 aliphatic carbocycles. The van der Waals surface area contributed by atoms with Crippen molar-refractivity contribution in [1.29, 1.82) is 0 Å². The number of hydrogen-bond donors (Lipinski definition) is 1. The second-order valence-corrected chi connectivity index (χ2v) is 7.29. The van der Waals surface area contributed by atoms with Gasteiger partial charge in [-0.25, -0.2) is 0 Å². The van der Waals surface area contributed by atoms with Crippen molar-refractivity contribution in [3.63, 3.8) is 0 Å². The van der Waals surface area contributed by atoms with Crippen LogP contribution in [0.1, 0.15) is 21.5 Å². The largest absolute Gasteiger partial charge is 0.322 e. The van der Waals surface area contributed by atoms with E-state index < -0.39 is 0 Å². The van der Waals surface area contributed by atoms with Crippen LogP contribution in [0.5, 0.6) is 0 Å². The fourth-order valence-electron chi connectivity index (χ4n) is 3.23. The molecule has 124 valence electrons. The molecule has 0 saturated heterocycles. The van der Waals surface area contributed by atoms with E-state index in [2.05, 4.69) is 41.7 Å². The zero-order valence-electron chi connectivity index (χ0n) is 13.7. The van der Waals surface area contributed by atoms with E-state index in [1.165, 1.54) is 22.3 Å². The minimum absolute atomic E-state index is 0.184. The summed E-state index contributed by atoms with van der Waals surface area (Å²) >= 11 is 7.78. The number of carbonyl (C=O) groups is 1. The van der Waals surface area contributed by atoms with Crippen LogP contribution in [0.25, 0.3) is 11.1 Å². The first-order valence-corrected chi connectivity index (χ1v) is 9.62. The number of anilines is 1. The minimum atomic E-state index is -0.184. The van der Waals surface area contributed by atoms with E-state index in [1.54, 1.807) is 17.8 Å². The molecule has 0 fully saturated rings. The molecule has 0 unspecified atom stereocenters. The lowest BCUT2D eigenvalue weighted by molar-refractivity contribution is 0.102. The maximum Gasteiger partial charge on any atom is 0.257 e. The third kappa shape index (κ3) is 3.06. The molecule has 4 heteroatoms. The quantitative estimate of drug-likeness (QED) is 0.459. The number of hydrogen-bond acceptors (Lipinski definition) is 2. The Hall–Kier alpha value is -2.23. The van der Waals surface area contributed by atoms with Gasteiger partial charge in [-0.1, -0.05) is 41.9 Å². The average Bonchev–Trinajstić information content (AvgIpc) is 2.99. The van der Waals surface area contributed by atoms with Gasteiger partial charge in [-0.05, 0) is 65.3 Å². The number of amides is 1. The Bertz CT molecular complexity index is 983.